The molecule has 7 heteroatoms. The van der Waals surface area contributed by atoms with E-state index in [9.17, 15) is 19.8 Å². The molecular weight excluding hydrogens is 292 g/mol. The molecule has 0 aromatic rings. The molecule has 0 radical (unpaired) electrons. The van der Waals surface area contributed by atoms with E-state index in [-0.39, 0.29) is 11.4 Å². The predicted octanol–water partition coefficient (Wildman–Crippen LogP) is 1.58. The number of hydrogen-bond acceptors (Lipinski definition) is 4. The van der Waals surface area contributed by atoms with E-state index in [1.807, 2.05) is 6.92 Å². The highest BCUT2D eigenvalue weighted by Gasteiger charge is 2.43. The number of likely N-dealkylation sites (tertiary alicyclic amines) is 1. The van der Waals surface area contributed by atoms with Gasteiger partial charge in [0, 0.05) is 18.8 Å². The number of carboxylic acids is 1. The van der Waals surface area contributed by atoms with Gasteiger partial charge in [0.15, 0.2) is 0 Å². The second-order valence-electron chi connectivity index (χ2n) is 6.10. The number of aliphatic hydroxyl groups is 1. The van der Waals surface area contributed by atoms with Crippen molar-refractivity contribution >= 4 is 23.8 Å². The summed E-state index contributed by atoms with van der Waals surface area (Å²) >= 11 is 1.55. The molecule has 2 unspecified atom stereocenters. The third kappa shape index (κ3) is 3.63. The summed E-state index contributed by atoms with van der Waals surface area (Å²) in [6.45, 7) is 4.78. The lowest BCUT2D eigenvalue weighted by Gasteiger charge is -2.39. The normalized spacial score (nSPS) is 28.7. The molecule has 2 aliphatic heterocycles. The van der Waals surface area contributed by atoms with E-state index in [1.165, 1.54) is 4.90 Å². The molecule has 120 valence electrons. The summed E-state index contributed by atoms with van der Waals surface area (Å²) in [5, 5.41) is 19.3. The summed E-state index contributed by atoms with van der Waals surface area (Å²) in [4.78, 5) is 27.3. The van der Waals surface area contributed by atoms with Crippen LogP contribution in [0.5, 0.6) is 0 Å². The fraction of sp³-hybridized carbons (Fsp3) is 0.857. The summed E-state index contributed by atoms with van der Waals surface area (Å²) in [6, 6.07) is -0.928. The Labute approximate surface area is 129 Å². The molecule has 0 aliphatic carbocycles. The van der Waals surface area contributed by atoms with Gasteiger partial charge < -0.3 is 15.1 Å². The van der Waals surface area contributed by atoms with Crippen LogP contribution in [0.2, 0.25) is 0 Å². The molecule has 2 N–H and O–H groups in total. The summed E-state index contributed by atoms with van der Waals surface area (Å²) < 4.78 is 0. The van der Waals surface area contributed by atoms with Crippen molar-refractivity contribution in [2.45, 2.75) is 56.5 Å². The van der Waals surface area contributed by atoms with E-state index in [0.717, 1.165) is 12.8 Å². The van der Waals surface area contributed by atoms with Crippen LogP contribution in [0.25, 0.3) is 0 Å². The van der Waals surface area contributed by atoms with Gasteiger partial charge in [-0.2, -0.15) is 0 Å². The summed E-state index contributed by atoms with van der Waals surface area (Å²) in [6.07, 6.45) is 2.81. The maximum atomic E-state index is 12.7. The maximum Gasteiger partial charge on any atom is 0.327 e. The standard InChI is InChI=1S/C14H24N2O4S/c1-3-4-11-16(10(9-21-11)12(17)18)13(19)15-7-5-14(2,20)6-8-15/h10-11,20H,3-9H2,1-2H3,(H,17,18). The van der Waals surface area contributed by atoms with Gasteiger partial charge in [0.1, 0.15) is 6.04 Å². The maximum absolute atomic E-state index is 12.7. The van der Waals surface area contributed by atoms with Crippen molar-refractivity contribution in [2.75, 3.05) is 18.8 Å². The minimum absolute atomic E-state index is 0.0500. The number of rotatable bonds is 3. The van der Waals surface area contributed by atoms with Crippen LogP contribution < -0.4 is 0 Å². The number of hydrogen-bond donors (Lipinski definition) is 2. The predicted molar refractivity (Wildman–Crippen MR) is 81.2 cm³/mol. The van der Waals surface area contributed by atoms with Gasteiger partial charge in [-0.15, -0.1) is 11.8 Å². The largest absolute Gasteiger partial charge is 0.480 e. The van der Waals surface area contributed by atoms with Gasteiger partial charge >= 0.3 is 12.0 Å². The molecule has 0 aromatic carbocycles. The van der Waals surface area contributed by atoms with Crippen molar-refractivity contribution in [3.63, 3.8) is 0 Å². The lowest BCUT2D eigenvalue weighted by Crippen LogP contribution is -2.55. The Morgan fingerprint density at radius 1 is 1.33 bits per heavy atom. The first-order chi connectivity index (χ1) is 9.85. The highest BCUT2D eigenvalue weighted by molar-refractivity contribution is 8.00. The first-order valence-corrected chi connectivity index (χ1v) is 8.54. The summed E-state index contributed by atoms with van der Waals surface area (Å²) in [5.74, 6) is -0.476. The zero-order valence-corrected chi connectivity index (χ0v) is 13.4. The molecule has 2 amide bonds. The molecule has 2 aliphatic rings. The zero-order valence-electron chi connectivity index (χ0n) is 12.6. The zero-order chi connectivity index (χ0) is 15.6. The highest BCUT2D eigenvalue weighted by Crippen LogP contribution is 2.34. The van der Waals surface area contributed by atoms with Crippen LogP contribution in [-0.2, 0) is 4.79 Å². The molecule has 2 fully saturated rings. The fourth-order valence-corrected chi connectivity index (χ4v) is 4.33. The van der Waals surface area contributed by atoms with Gasteiger partial charge in [-0.05, 0) is 26.2 Å². The van der Waals surface area contributed by atoms with Crippen molar-refractivity contribution < 1.29 is 19.8 Å². The van der Waals surface area contributed by atoms with Crippen molar-refractivity contribution in [1.82, 2.24) is 9.80 Å². The molecule has 6 nitrogen and oxygen atoms in total. The Morgan fingerprint density at radius 2 is 1.95 bits per heavy atom. The molecule has 2 atom stereocenters. The van der Waals surface area contributed by atoms with Crippen molar-refractivity contribution in [1.29, 1.82) is 0 Å². The SMILES string of the molecule is CCCC1SCC(C(=O)O)N1C(=O)N1CCC(C)(O)CC1. The molecular formula is C14H24N2O4S. The lowest BCUT2D eigenvalue weighted by molar-refractivity contribution is -0.141. The van der Waals surface area contributed by atoms with Crippen LogP contribution >= 0.6 is 11.8 Å². The Kier molecular flexibility index (Phi) is 5.03. The third-order valence-electron chi connectivity index (χ3n) is 4.25. The molecule has 0 spiro atoms. The number of amides is 2. The van der Waals surface area contributed by atoms with Crippen LogP contribution in [0.15, 0.2) is 0 Å². The third-order valence-corrected chi connectivity index (χ3v) is 5.60. The minimum Gasteiger partial charge on any atom is -0.480 e. The first-order valence-electron chi connectivity index (χ1n) is 7.50. The Balaban J connectivity index is 2.08. The Bertz CT molecular complexity index is 406. The van der Waals surface area contributed by atoms with Crippen LogP contribution in [0, 0.1) is 0 Å². The van der Waals surface area contributed by atoms with Crippen LogP contribution in [0.1, 0.15) is 39.5 Å². The monoisotopic (exact) mass is 316 g/mol. The first kappa shape index (κ1) is 16.4. The minimum atomic E-state index is -0.932. The molecule has 2 heterocycles. The summed E-state index contributed by atoms with van der Waals surface area (Å²) in [5.41, 5.74) is -0.717. The number of thioether (sulfide) groups is 1. The average molecular weight is 316 g/mol. The van der Waals surface area contributed by atoms with Gasteiger partial charge in [0.2, 0.25) is 0 Å². The number of carboxylic acid groups (broad SMARTS) is 1. The molecule has 2 rings (SSSR count). The molecule has 0 saturated carbocycles. The second-order valence-corrected chi connectivity index (χ2v) is 7.32. The van der Waals surface area contributed by atoms with E-state index in [4.69, 9.17) is 0 Å². The van der Waals surface area contributed by atoms with Crippen molar-refractivity contribution in [2.24, 2.45) is 0 Å². The van der Waals surface area contributed by atoms with Gasteiger partial charge in [0.25, 0.3) is 0 Å². The van der Waals surface area contributed by atoms with E-state index in [1.54, 1.807) is 23.6 Å². The van der Waals surface area contributed by atoms with Crippen LogP contribution in [0.4, 0.5) is 4.79 Å². The fourth-order valence-electron chi connectivity index (χ4n) is 2.82. The summed E-state index contributed by atoms with van der Waals surface area (Å²) in [7, 11) is 0. The number of nitrogens with zero attached hydrogens (tertiary/aromatic N) is 2. The van der Waals surface area contributed by atoms with Gasteiger partial charge in [-0.3, -0.25) is 4.90 Å². The van der Waals surface area contributed by atoms with E-state index < -0.39 is 17.6 Å². The highest BCUT2D eigenvalue weighted by atomic mass is 32.2. The van der Waals surface area contributed by atoms with Crippen LogP contribution in [-0.4, -0.2) is 67.9 Å². The number of carbonyl (C=O) groups is 2. The number of piperidine rings is 1. The Morgan fingerprint density at radius 3 is 2.48 bits per heavy atom. The quantitative estimate of drug-likeness (QED) is 0.826. The van der Waals surface area contributed by atoms with E-state index in [2.05, 4.69) is 0 Å². The second kappa shape index (κ2) is 6.44. The van der Waals surface area contributed by atoms with Gasteiger partial charge in [0.05, 0.1) is 11.0 Å². The van der Waals surface area contributed by atoms with Crippen molar-refractivity contribution in [3.05, 3.63) is 0 Å². The molecule has 0 aromatic heterocycles. The van der Waals surface area contributed by atoms with E-state index in [0.29, 0.717) is 31.7 Å². The molecule has 21 heavy (non-hydrogen) atoms. The Hall–Kier alpha value is -0.950. The topological polar surface area (TPSA) is 81.1 Å². The molecule has 0 bridgehead atoms. The van der Waals surface area contributed by atoms with Gasteiger partial charge in [-0.25, -0.2) is 9.59 Å². The van der Waals surface area contributed by atoms with Crippen molar-refractivity contribution in [3.8, 4) is 0 Å². The average Bonchev–Trinajstić information content (AvgIpc) is 2.82. The van der Waals surface area contributed by atoms with E-state index >= 15 is 0 Å². The number of carbonyl (C=O) groups excluding carboxylic acids is 1. The number of aliphatic carboxylic acids is 1. The smallest absolute Gasteiger partial charge is 0.327 e. The van der Waals surface area contributed by atoms with Crippen LogP contribution in [0.3, 0.4) is 0 Å². The van der Waals surface area contributed by atoms with Gasteiger partial charge in [-0.1, -0.05) is 13.3 Å². The molecule has 2 saturated heterocycles. The number of urea groups is 1. The lowest BCUT2D eigenvalue weighted by atomic mass is 9.94.